The molecule has 0 unspecified atom stereocenters. The normalized spacial score (nSPS) is 15.3. The van der Waals surface area contributed by atoms with Crippen molar-refractivity contribution in [1.29, 1.82) is 0 Å². The lowest BCUT2D eigenvalue weighted by Gasteiger charge is -2.25. The van der Waals surface area contributed by atoms with Crippen molar-refractivity contribution in [3.8, 4) is 0 Å². The van der Waals surface area contributed by atoms with Gasteiger partial charge in [0.05, 0.1) is 5.69 Å². The average molecular weight is 300 g/mol. The number of aryl methyl sites for hydroxylation is 2. The number of hydrogen-bond acceptors (Lipinski definition) is 2. The van der Waals surface area contributed by atoms with E-state index in [0.29, 0.717) is 0 Å². The third-order valence-corrected chi connectivity index (χ3v) is 3.98. The van der Waals surface area contributed by atoms with Gasteiger partial charge in [-0.05, 0) is 32.1 Å². The van der Waals surface area contributed by atoms with Gasteiger partial charge in [-0.25, -0.2) is 0 Å². The highest BCUT2D eigenvalue weighted by molar-refractivity contribution is 9.08. The lowest BCUT2D eigenvalue weighted by atomic mass is 10.2. The van der Waals surface area contributed by atoms with Crippen LogP contribution in [0.4, 0.5) is 5.82 Å². The molecule has 0 bridgehead atoms. The first-order chi connectivity index (χ1) is 8.17. The second-order valence-corrected chi connectivity index (χ2v) is 5.59. The van der Waals surface area contributed by atoms with Crippen LogP contribution in [0.5, 0.6) is 0 Å². The van der Waals surface area contributed by atoms with Crippen LogP contribution in [-0.2, 0) is 12.4 Å². The molecule has 4 heteroatoms. The maximum atomic E-state index is 4.56. The van der Waals surface area contributed by atoms with E-state index in [0.717, 1.165) is 23.5 Å². The van der Waals surface area contributed by atoms with Crippen LogP contribution >= 0.6 is 15.9 Å². The summed E-state index contributed by atoms with van der Waals surface area (Å²) in [6, 6.07) is 0. The third-order valence-electron chi connectivity index (χ3n) is 3.42. The van der Waals surface area contributed by atoms with Crippen LogP contribution in [0.1, 0.15) is 37.4 Å². The summed E-state index contributed by atoms with van der Waals surface area (Å²) in [5.74, 6) is 2.23. The van der Waals surface area contributed by atoms with Crippen LogP contribution < -0.4 is 4.90 Å². The highest BCUT2D eigenvalue weighted by Crippen LogP contribution is 2.33. The molecule has 0 spiro atoms. The maximum absolute atomic E-state index is 4.56. The highest BCUT2D eigenvalue weighted by atomic mass is 79.9. The molecule has 0 atom stereocenters. The highest BCUT2D eigenvalue weighted by Gasteiger charge is 2.27. The molecule has 0 amide bonds. The number of hydrogen-bond donors (Lipinski definition) is 0. The van der Waals surface area contributed by atoms with E-state index in [4.69, 9.17) is 0 Å². The van der Waals surface area contributed by atoms with Crippen molar-refractivity contribution in [2.24, 2.45) is 13.0 Å². The third kappa shape index (κ3) is 2.84. The topological polar surface area (TPSA) is 21.1 Å². The van der Waals surface area contributed by atoms with Crippen molar-refractivity contribution in [3.63, 3.8) is 0 Å². The van der Waals surface area contributed by atoms with Gasteiger partial charge in [-0.2, -0.15) is 5.10 Å². The Hall–Kier alpha value is -0.510. The first-order valence-corrected chi connectivity index (χ1v) is 7.62. The van der Waals surface area contributed by atoms with Gasteiger partial charge in [0.2, 0.25) is 0 Å². The van der Waals surface area contributed by atoms with Gasteiger partial charge in [0.25, 0.3) is 0 Å². The van der Waals surface area contributed by atoms with Gasteiger partial charge >= 0.3 is 0 Å². The van der Waals surface area contributed by atoms with Crippen LogP contribution in [0, 0.1) is 12.8 Å². The first-order valence-electron chi connectivity index (χ1n) is 6.50. The van der Waals surface area contributed by atoms with E-state index in [9.17, 15) is 0 Å². The molecule has 1 aliphatic rings. The van der Waals surface area contributed by atoms with Crippen molar-refractivity contribution < 1.29 is 0 Å². The van der Waals surface area contributed by atoms with Crippen LogP contribution in [0.25, 0.3) is 0 Å². The van der Waals surface area contributed by atoms with Gasteiger partial charge in [0, 0.05) is 31.0 Å². The Morgan fingerprint density at radius 2 is 2.18 bits per heavy atom. The number of rotatable bonds is 6. The van der Waals surface area contributed by atoms with Crippen LogP contribution in [0.2, 0.25) is 0 Å². The monoisotopic (exact) mass is 299 g/mol. The zero-order valence-electron chi connectivity index (χ0n) is 11.0. The Bertz CT molecular complexity index is 382. The Balaban J connectivity index is 2.26. The molecule has 1 fully saturated rings. The van der Waals surface area contributed by atoms with Crippen LogP contribution in [-0.4, -0.2) is 22.9 Å². The first kappa shape index (κ1) is 12.9. The minimum atomic E-state index is 0.896. The van der Waals surface area contributed by atoms with E-state index < -0.39 is 0 Å². The molecule has 0 radical (unpaired) electrons. The predicted octanol–water partition coefficient (Wildman–Crippen LogP) is 3.25. The summed E-state index contributed by atoms with van der Waals surface area (Å²) in [5, 5.41) is 5.45. The number of aromatic nitrogens is 2. The molecule has 1 aromatic rings. The number of alkyl halides is 1. The van der Waals surface area contributed by atoms with E-state index in [1.807, 2.05) is 4.68 Å². The molecule has 1 aromatic heterocycles. The molecule has 17 heavy (non-hydrogen) atoms. The summed E-state index contributed by atoms with van der Waals surface area (Å²) in [6.07, 6.45) is 4.00. The fourth-order valence-electron chi connectivity index (χ4n) is 2.41. The molecule has 0 aliphatic heterocycles. The average Bonchev–Trinajstić information content (AvgIpc) is 3.03. The zero-order chi connectivity index (χ0) is 12.4. The lowest BCUT2D eigenvalue weighted by molar-refractivity contribution is 0.657. The van der Waals surface area contributed by atoms with E-state index in [1.54, 1.807) is 0 Å². The molecular formula is C13H22BrN3. The van der Waals surface area contributed by atoms with Gasteiger partial charge in [-0.15, -0.1) is 0 Å². The van der Waals surface area contributed by atoms with E-state index in [-0.39, 0.29) is 0 Å². The summed E-state index contributed by atoms with van der Waals surface area (Å²) in [7, 11) is 2.06. The molecule has 0 aromatic carbocycles. The fourth-order valence-corrected chi connectivity index (χ4v) is 3.06. The summed E-state index contributed by atoms with van der Waals surface area (Å²) in [6.45, 7) is 6.68. The molecular weight excluding hydrogens is 278 g/mol. The summed E-state index contributed by atoms with van der Waals surface area (Å²) < 4.78 is 2.05. The van der Waals surface area contributed by atoms with E-state index in [2.05, 4.69) is 46.8 Å². The van der Waals surface area contributed by atoms with E-state index in [1.165, 1.54) is 37.2 Å². The second kappa shape index (κ2) is 5.42. The number of nitrogens with zero attached hydrogens (tertiary/aromatic N) is 3. The fraction of sp³-hybridized carbons (Fsp3) is 0.769. The molecule has 96 valence electrons. The van der Waals surface area contributed by atoms with E-state index >= 15 is 0 Å². The molecule has 3 nitrogen and oxygen atoms in total. The van der Waals surface area contributed by atoms with Gasteiger partial charge in [-0.3, -0.25) is 4.68 Å². The molecule has 0 saturated heterocycles. The largest absolute Gasteiger partial charge is 0.356 e. The SMILES string of the molecule is CCCN(CC1CC1)c1c(CBr)c(C)nn1C. The van der Waals surface area contributed by atoms with Crippen molar-refractivity contribution >= 4 is 21.7 Å². The summed E-state index contributed by atoms with van der Waals surface area (Å²) in [5.41, 5.74) is 2.50. The minimum Gasteiger partial charge on any atom is -0.356 e. The summed E-state index contributed by atoms with van der Waals surface area (Å²) in [4.78, 5) is 2.52. The minimum absolute atomic E-state index is 0.896. The predicted molar refractivity (Wildman–Crippen MR) is 75.8 cm³/mol. The summed E-state index contributed by atoms with van der Waals surface area (Å²) >= 11 is 3.59. The van der Waals surface area contributed by atoms with Gasteiger partial charge in [0.1, 0.15) is 5.82 Å². The Morgan fingerprint density at radius 1 is 1.47 bits per heavy atom. The quantitative estimate of drug-likeness (QED) is 0.752. The number of halogens is 1. The second-order valence-electron chi connectivity index (χ2n) is 5.03. The van der Waals surface area contributed by atoms with Crippen molar-refractivity contribution in [1.82, 2.24) is 9.78 Å². The maximum Gasteiger partial charge on any atom is 0.130 e. The van der Waals surface area contributed by atoms with Crippen molar-refractivity contribution in [2.45, 2.75) is 38.4 Å². The van der Waals surface area contributed by atoms with Crippen LogP contribution in [0.3, 0.4) is 0 Å². The molecule has 1 aliphatic carbocycles. The molecule has 1 heterocycles. The molecule has 2 rings (SSSR count). The Kier molecular flexibility index (Phi) is 4.13. The van der Waals surface area contributed by atoms with Gasteiger partial charge in [0.15, 0.2) is 0 Å². The standard InChI is InChI=1S/C13H22BrN3/c1-4-7-17(9-11-5-6-11)13-12(8-14)10(2)15-16(13)3/h11H,4-9H2,1-3H3. The van der Waals surface area contributed by atoms with Gasteiger partial charge < -0.3 is 4.90 Å². The zero-order valence-corrected chi connectivity index (χ0v) is 12.6. The Morgan fingerprint density at radius 3 is 2.71 bits per heavy atom. The number of anilines is 1. The van der Waals surface area contributed by atoms with Crippen molar-refractivity contribution in [2.75, 3.05) is 18.0 Å². The molecule has 0 N–H and O–H groups in total. The smallest absolute Gasteiger partial charge is 0.130 e. The molecule has 1 saturated carbocycles. The van der Waals surface area contributed by atoms with Crippen molar-refractivity contribution in [3.05, 3.63) is 11.3 Å². The lowest BCUT2D eigenvalue weighted by Crippen LogP contribution is -2.29. The van der Waals surface area contributed by atoms with Gasteiger partial charge in [-0.1, -0.05) is 22.9 Å². The van der Waals surface area contributed by atoms with Crippen LogP contribution in [0.15, 0.2) is 0 Å². The Labute approximate surface area is 112 Å².